The van der Waals surface area contributed by atoms with Gasteiger partial charge < -0.3 is 14.1 Å². The van der Waals surface area contributed by atoms with Crippen LogP contribution in [0.3, 0.4) is 0 Å². The van der Waals surface area contributed by atoms with Crippen molar-refractivity contribution < 1.29 is 18.9 Å². The number of carbonyl (C=O) groups excluding carboxylic acids is 1. The minimum atomic E-state index is -0.408. The fraction of sp³-hybridized carbons (Fsp3) is 0.273. The summed E-state index contributed by atoms with van der Waals surface area (Å²) in [6.45, 7) is 2.83. The van der Waals surface area contributed by atoms with Crippen molar-refractivity contribution >= 4 is 23.9 Å². The van der Waals surface area contributed by atoms with Gasteiger partial charge in [-0.15, -0.1) is 0 Å². The third-order valence-corrected chi connectivity index (χ3v) is 5.18. The molecule has 2 aliphatic rings. The number of nitrogens with zero attached hydrogens (tertiary/aromatic N) is 3. The number of nitrogens with one attached hydrogen (secondary N) is 1. The van der Waals surface area contributed by atoms with Gasteiger partial charge in [-0.05, 0) is 59.9 Å². The van der Waals surface area contributed by atoms with Crippen molar-refractivity contribution in [1.29, 1.82) is 0 Å². The Morgan fingerprint density at radius 1 is 1.16 bits per heavy atom. The number of nitro benzene ring substituents is 1. The Balaban J connectivity index is 1.57. The number of hydrogen-bond acceptors (Lipinski definition) is 7. The van der Waals surface area contributed by atoms with Gasteiger partial charge in [0, 0.05) is 30.9 Å². The van der Waals surface area contributed by atoms with Gasteiger partial charge in [-0.3, -0.25) is 14.9 Å². The SMILES string of the molecule is O=C(N/N=C\C1=C(N2CCOCC2)C(=C/c2ccc([N+](=O)[O-])cc2)/CC1)c1ccco1. The Morgan fingerprint density at radius 2 is 1.94 bits per heavy atom. The number of allylic oxidation sites excluding steroid dienone is 2. The van der Waals surface area contributed by atoms with Crippen molar-refractivity contribution in [1.82, 2.24) is 10.3 Å². The molecule has 9 nitrogen and oxygen atoms in total. The molecule has 1 aromatic heterocycles. The average Bonchev–Trinajstić information content (AvgIpc) is 3.45. The lowest BCUT2D eigenvalue weighted by Crippen LogP contribution is -2.36. The highest BCUT2D eigenvalue weighted by molar-refractivity contribution is 5.92. The molecule has 160 valence electrons. The minimum Gasteiger partial charge on any atom is -0.459 e. The Morgan fingerprint density at radius 3 is 2.61 bits per heavy atom. The van der Waals surface area contributed by atoms with Gasteiger partial charge in [0.05, 0.1) is 30.6 Å². The summed E-state index contributed by atoms with van der Waals surface area (Å²) in [6, 6.07) is 9.72. The first-order valence-corrected chi connectivity index (χ1v) is 10.00. The van der Waals surface area contributed by atoms with E-state index < -0.39 is 10.8 Å². The molecule has 0 saturated carbocycles. The van der Waals surface area contributed by atoms with E-state index in [0.29, 0.717) is 13.2 Å². The Bertz CT molecular complexity index is 1030. The lowest BCUT2D eigenvalue weighted by Gasteiger charge is -2.31. The summed E-state index contributed by atoms with van der Waals surface area (Å²) in [6.07, 6.45) is 6.77. The van der Waals surface area contributed by atoms with E-state index in [9.17, 15) is 14.9 Å². The lowest BCUT2D eigenvalue weighted by molar-refractivity contribution is -0.384. The molecule has 9 heteroatoms. The first-order valence-electron chi connectivity index (χ1n) is 10.00. The number of rotatable bonds is 6. The molecule has 0 radical (unpaired) electrons. The molecular formula is C22H22N4O5. The molecule has 1 fully saturated rings. The number of furan rings is 1. The molecule has 1 aliphatic heterocycles. The van der Waals surface area contributed by atoms with Crippen molar-refractivity contribution in [2.45, 2.75) is 12.8 Å². The van der Waals surface area contributed by atoms with Crippen molar-refractivity contribution in [3.63, 3.8) is 0 Å². The van der Waals surface area contributed by atoms with Crippen molar-refractivity contribution in [3.05, 3.63) is 80.9 Å². The second kappa shape index (κ2) is 9.40. The van der Waals surface area contributed by atoms with E-state index in [1.807, 2.05) is 0 Å². The average molecular weight is 422 g/mol. The molecule has 0 atom stereocenters. The quantitative estimate of drug-likeness (QED) is 0.434. The molecule has 2 heterocycles. The van der Waals surface area contributed by atoms with E-state index in [4.69, 9.17) is 9.15 Å². The van der Waals surface area contributed by atoms with Gasteiger partial charge in [-0.25, -0.2) is 5.43 Å². The van der Waals surface area contributed by atoms with Gasteiger partial charge in [-0.1, -0.05) is 0 Å². The van der Waals surface area contributed by atoms with Crippen LogP contribution in [0, 0.1) is 10.1 Å². The highest BCUT2D eigenvalue weighted by Crippen LogP contribution is 2.35. The summed E-state index contributed by atoms with van der Waals surface area (Å²) in [4.78, 5) is 24.8. The van der Waals surface area contributed by atoms with Crippen LogP contribution in [0.25, 0.3) is 6.08 Å². The molecule has 1 amide bonds. The number of carbonyl (C=O) groups is 1. The second-order valence-corrected chi connectivity index (χ2v) is 7.17. The molecule has 0 spiro atoms. The monoisotopic (exact) mass is 422 g/mol. The summed E-state index contributed by atoms with van der Waals surface area (Å²) in [5.41, 5.74) is 6.70. The maximum absolute atomic E-state index is 12.0. The minimum absolute atomic E-state index is 0.0673. The number of hydrogen-bond donors (Lipinski definition) is 1. The summed E-state index contributed by atoms with van der Waals surface area (Å²) in [7, 11) is 0. The number of hydrazone groups is 1. The lowest BCUT2D eigenvalue weighted by atomic mass is 10.1. The van der Waals surface area contributed by atoms with E-state index in [1.165, 1.54) is 18.4 Å². The van der Waals surface area contributed by atoms with Crippen LogP contribution >= 0.6 is 0 Å². The van der Waals surface area contributed by atoms with Gasteiger partial charge >= 0.3 is 5.91 Å². The smallest absolute Gasteiger partial charge is 0.307 e. The van der Waals surface area contributed by atoms with Crippen LogP contribution in [0.5, 0.6) is 0 Å². The van der Waals surface area contributed by atoms with E-state index in [0.717, 1.165) is 48.3 Å². The molecule has 1 N–H and O–H groups in total. The molecular weight excluding hydrogens is 400 g/mol. The standard InChI is InChI=1S/C22H22N4O5/c27-22(20-2-1-11-31-20)24-23-15-18-6-5-17(21(18)25-9-12-30-13-10-25)14-16-3-7-19(8-4-16)26(28)29/h1-4,7-8,11,14-15H,5-6,9-10,12-13H2,(H,24,27)/b17-14+,23-15-. The van der Waals surface area contributed by atoms with Crippen LogP contribution in [0.15, 0.2) is 69.0 Å². The summed E-state index contributed by atoms with van der Waals surface area (Å²) in [5, 5.41) is 15.0. The third-order valence-electron chi connectivity index (χ3n) is 5.18. The van der Waals surface area contributed by atoms with Gasteiger partial charge in [0.25, 0.3) is 5.69 Å². The predicted octanol–water partition coefficient (Wildman–Crippen LogP) is 3.37. The van der Waals surface area contributed by atoms with Crippen molar-refractivity contribution in [3.8, 4) is 0 Å². The topological polar surface area (TPSA) is 110 Å². The highest BCUT2D eigenvalue weighted by atomic mass is 16.6. The van der Waals surface area contributed by atoms with Crippen LogP contribution in [0.4, 0.5) is 5.69 Å². The highest BCUT2D eigenvalue weighted by Gasteiger charge is 2.25. The Hall–Kier alpha value is -3.72. The fourth-order valence-corrected chi connectivity index (χ4v) is 3.70. The number of ether oxygens (including phenoxy) is 1. The number of amides is 1. The van der Waals surface area contributed by atoms with E-state index >= 15 is 0 Å². The van der Waals surface area contributed by atoms with E-state index in [1.54, 1.807) is 30.5 Å². The predicted molar refractivity (Wildman–Crippen MR) is 114 cm³/mol. The van der Waals surface area contributed by atoms with Crippen LogP contribution in [0.1, 0.15) is 29.0 Å². The van der Waals surface area contributed by atoms with E-state index in [2.05, 4.69) is 21.5 Å². The summed E-state index contributed by atoms with van der Waals surface area (Å²) in [5.74, 6) is -0.209. The number of morpholine rings is 1. The first-order chi connectivity index (χ1) is 15.1. The maximum atomic E-state index is 12.0. The molecule has 31 heavy (non-hydrogen) atoms. The number of benzene rings is 1. The Kier molecular flexibility index (Phi) is 6.23. The number of non-ortho nitro benzene ring substituents is 1. The third kappa shape index (κ3) is 4.89. The zero-order valence-electron chi connectivity index (χ0n) is 16.8. The molecule has 4 rings (SSSR count). The fourth-order valence-electron chi connectivity index (χ4n) is 3.70. The van der Waals surface area contributed by atoms with E-state index in [-0.39, 0.29) is 11.4 Å². The first kappa shape index (κ1) is 20.5. The largest absolute Gasteiger partial charge is 0.459 e. The number of nitro groups is 1. The van der Waals surface area contributed by atoms with Crippen molar-refractivity contribution in [2.24, 2.45) is 5.10 Å². The van der Waals surface area contributed by atoms with Crippen LogP contribution in [0.2, 0.25) is 0 Å². The van der Waals surface area contributed by atoms with Crippen LogP contribution in [-0.2, 0) is 4.74 Å². The van der Waals surface area contributed by atoms with Gasteiger partial charge in [-0.2, -0.15) is 5.10 Å². The normalized spacial score (nSPS) is 18.2. The molecule has 2 aromatic rings. The molecule has 0 bridgehead atoms. The second-order valence-electron chi connectivity index (χ2n) is 7.17. The molecule has 1 saturated heterocycles. The Labute approximate surface area is 178 Å². The van der Waals surface area contributed by atoms with Gasteiger partial charge in [0.15, 0.2) is 5.76 Å². The molecule has 1 aromatic carbocycles. The molecule has 0 unspecified atom stereocenters. The zero-order chi connectivity index (χ0) is 21.6. The maximum Gasteiger partial charge on any atom is 0.307 e. The van der Waals surface area contributed by atoms with Crippen LogP contribution in [-0.4, -0.2) is 48.2 Å². The van der Waals surface area contributed by atoms with Crippen LogP contribution < -0.4 is 5.43 Å². The summed E-state index contributed by atoms with van der Waals surface area (Å²) >= 11 is 0. The molecule has 1 aliphatic carbocycles. The zero-order valence-corrected chi connectivity index (χ0v) is 16.8. The van der Waals surface area contributed by atoms with Gasteiger partial charge in [0.2, 0.25) is 0 Å². The summed E-state index contributed by atoms with van der Waals surface area (Å²) < 4.78 is 10.6. The van der Waals surface area contributed by atoms with Gasteiger partial charge in [0.1, 0.15) is 0 Å². The van der Waals surface area contributed by atoms with Crippen molar-refractivity contribution in [2.75, 3.05) is 26.3 Å².